The van der Waals surface area contributed by atoms with Gasteiger partial charge in [-0.2, -0.15) is 0 Å². The van der Waals surface area contributed by atoms with E-state index >= 15 is 0 Å². The van der Waals surface area contributed by atoms with Crippen LogP contribution in [-0.4, -0.2) is 23.7 Å². The largest absolute Gasteiger partial charge is 0.481 e. The van der Waals surface area contributed by atoms with Crippen LogP contribution in [0.5, 0.6) is 0 Å². The third-order valence-electron chi connectivity index (χ3n) is 3.63. The Hall–Kier alpha value is -2.04. The maximum Gasteiger partial charge on any atom is 0.319 e. The second kappa shape index (κ2) is 5.73. The maximum atomic E-state index is 11.7. The van der Waals surface area contributed by atoms with Gasteiger partial charge in [0.25, 0.3) is 0 Å². The van der Waals surface area contributed by atoms with E-state index in [0.717, 1.165) is 12.8 Å². The SMILES string of the molecule is O=C(NCC1(C(=O)O)CCCC1)Nc1ccccc1. The zero-order valence-electron chi connectivity index (χ0n) is 10.7. The maximum absolute atomic E-state index is 11.7. The average Bonchev–Trinajstić information content (AvgIpc) is 2.88. The number of urea groups is 1. The Kier molecular flexibility index (Phi) is 4.04. The van der Waals surface area contributed by atoms with Gasteiger partial charge in [-0.25, -0.2) is 4.79 Å². The van der Waals surface area contributed by atoms with E-state index in [0.29, 0.717) is 18.5 Å². The highest BCUT2D eigenvalue weighted by Gasteiger charge is 2.41. The number of rotatable bonds is 4. The fraction of sp³-hybridized carbons (Fsp3) is 0.429. The number of nitrogens with one attached hydrogen (secondary N) is 2. The molecule has 0 atom stereocenters. The summed E-state index contributed by atoms with van der Waals surface area (Å²) in [5.41, 5.74) is -0.0931. The predicted octanol–water partition coefficient (Wildman–Crippen LogP) is 2.45. The fourth-order valence-electron chi connectivity index (χ4n) is 2.46. The molecule has 1 saturated carbocycles. The lowest BCUT2D eigenvalue weighted by atomic mass is 9.86. The van der Waals surface area contributed by atoms with Crippen LogP contribution in [0.15, 0.2) is 30.3 Å². The van der Waals surface area contributed by atoms with E-state index in [1.54, 1.807) is 12.1 Å². The van der Waals surface area contributed by atoms with E-state index in [-0.39, 0.29) is 12.6 Å². The number of hydrogen-bond acceptors (Lipinski definition) is 2. The first kappa shape index (κ1) is 13.4. The number of benzene rings is 1. The summed E-state index contributed by atoms with van der Waals surface area (Å²) in [7, 11) is 0. The Morgan fingerprint density at radius 3 is 2.37 bits per heavy atom. The smallest absolute Gasteiger partial charge is 0.319 e. The van der Waals surface area contributed by atoms with Crippen LogP contribution in [0.1, 0.15) is 25.7 Å². The molecule has 0 heterocycles. The number of carboxylic acids is 1. The van der Waals surface area contributed by atoms with Gasteiger partial charge in [0.15, 0.2) is 0 Å². The van der Waals surface area contributed by atoms with E-state index in [1.165, 1.54) is 0 Å². The number of carboxylic acid groups (broad SMARTS) is 1. The van der Waals surface area contributed by atoms with Gasteiger partial charge in [0.1, 0.15) is 0 Å². The second-order valence-electron chi connectivity index (χ2n) is 4.97. The molecule has 102 valence electrons. The number of amides is 2. The zero-order chi connectivity index (χ0) is 13.7. The van der Waals surface area contributed by atoms with Crippen molar-refractivity contribution in [1.29, 1.82) is 0 Å². The fourth-order valence-corrected chi connectivity index (χ4v) is 2.46. The lowest BCUT2D eigenvalue weighted by Crippen LogP contribution is -2.42. The zero-order valence-corrected chi connectivity index (χ0v) is 10.7. The first-order valence-electron chi connectivity index (χ1n) is 6.46. The molecule has 0 saturated heterocycles. The van der Waals surface area contributed by atoms with Gasteiger partial charge in [0.2, 0.25) is 0 Å². The summed E-state index contributed by atoms with van der Waals surface area (Å²) < 4.78 is 0. The van der Waals surface area contributed by atoms with Crippen molar-refractivity contribution in [3.05, 3.63) is 30.3 Å². The number of aliphatic carboxylic acids is 1. The van der Waals surface area contributed by atoms with Crippen molar-refractivity contribution in [2.45, 2.75) is 25.7 Å². The molecule has 1 aromatic rings. The van der Waals surface area contributed by atoms with Gasteiger partial charge in [0, 0.05) is 12.2 Å². The minimum Gasteiger partial charge on any atom is -0.481 e. The molecule has 5 nitrogen and oxygen atoms in total. The van der Waals surface area contributed by atoms with Crippen molar-refractivity contribution in [2.75, 3.05) is 11.9 Å². The summed E-state index contributed by atoms with van der Waals surface area (Å²) in [5.74, 6) is -0.815. The van der Waals surface area contributed by atoms with Crippen molar-refractivity contribution < 1.29 is 14.7 Å². The van der Waals surface area contributed by atoms with Crippen LogP contribution in [0.4, 0.5) is 10.5 Å². The molecule has 0 bridgehead atoms. The Morgan fingerprint density at radius 2 is 1.79 bits per heavy atom. The van der Waals surface area contributed by atoms with Crippen LogP contribution in [0.2, 0.25) is 0 Å². The standard InChI is InChI=1S/C14H18N2O3/c17-12(18)14(8-4-5-9-14)10-15-13(19)16-11-6-2-1-3-7-11/h1-3,6-7H,4-5,8-10H2,(H,17,18)(H2,15,16,19). The summed E-state index contributed by atoms with van der Waals surface area (Å²) >= 11 is 0. The third kappa shape index (κ3) is 3.24. The third-order valence-corrected chi connectivity index (χ3v) is 3.63. The summed E-state index contributed by atoms with van der Waals surface area (Å²) in [4.78, 5) is 23.0. The van der Waals surface area contributed by atoms with E-state index in [1.807, 2.05) is 18.2 Å². The Morgan fingerprint density at radius 1 is 1.16 bits per heavy atom. The van der Waals surface area contributed by atoms with Gasteiger partial charge in [-0.3, -0.25) is 4.79 Å². The normalized spacial score (nSPS) is 16.8. The van der Waals surface area contributed by atoms with Gasteiger partial charge in [-0.15, -0.1) is 0 Å². The molecule has 3 N–H and O–H groups in total. The second-order valence-corrected chi connectivity index (χ2v) is 4.97. The van der Waals surface area contributed by atoms with Crippen molar-refractivity contribution in [3.63, 3.8) is 0 Å². The molecule has 5 heteroatoms. The number of carbonyl (C=O) groups excluding carboxylic acids is 1. The lowest BCUT2D eigenvalue weighted by Gasteiger charge is -2.24. The van der Waals surface area contributed by atoms with Crippen LogP contribution in [0.3, 0.4) is 0 Å². The number of anilines is 1. The monoisotopic (exact) mass is 262 g/mol. The molecule has 2 rings (SSSR count). The topological polar surface area (TPSA) is 78.4 Å². The molecule has 19 heavy (non-hydrogen) atoms. The molecular weight excluding hydrogens is 244 g/mol. The van der Waals surface area contributed by atoms with Gasteiger partial charge < -0.3 is 15.7 Å². The molecule has 0 aromatic heterocycles. The van der Waals surface area contributed by atoms with E-state index in [9.17, 15) is 14.7 Å². The molecule has 1 fully saturated rings. The van der Waals surface area contributed by atoms with Gasteiger partial charge in [-0.05, 0) is 25.0 Å². The average molecular weight is 262 g/mol. The molecule has 0 radical (unpaired) electrons. The molecule has 0 aliphatic heterocycles. The summed E-state index contributed by atoms with van der Waals surface area (Å²) in [6.45, 7) is 0.182. The molecule has 2 amide bonds. The predicted molar refractivity (Wildman–Crippen MR) is 72.0 cm³/mol. The molecule has 1 aliphatic rings. The highest BCUT2D eigenvalue weighted by molar-refractivity contribution is 5.89. The van der Waals surface area contributed by atoms with Crippen LogP contribution >= 0.6 is 0 Å². The minimum atomic E-state index is -0.815. The van der Waals surface area contributed by atoms with Gasteiger partial charge in [0.05, 0.1) is 5.41 Å². The quantitative estimate of drug-likeness (QED) is 0.779. The summed E-state index contributed by atoms with van der Waals surface area (Å²) in [5, 5.41) is 14.6. The van der Waals surface area contributed by atoms with Crippen LogP contribution < -0.4 is 10.6 Å². The molecule has 0 spiro atoms. The van der Waals surface area contributed by atoms with E-state index in [2.05, 4.69) is 10.6 Å². The molecule has 0 unspecified atom stereocenters. The molecular formula is C14H18N2O3. The Balaban J connectivity index is 1.88. The highest BCUT2D eigenvalue weighted by atomic mass is 16.4. The van der Waals surface area contributed by atoms with Crippen molar-refractivity contribution in [3.8, 4) is 0 Å². The first-order chi connectivity index (χ1) is 9.12. The first-order valence-corrected chi connectivity index (χ1v) is 6.46. The molecule has 1 aliphatic carbocycles. The summed E-state index contributed by atoms with van der Waals surface area (Å²) in [6, 6.07) is 8.71. The number of para-hydroxylation sites is 1. The van der Waals surface area contributed by atoms with Crippen molar-refractivity contribution in [2.24, 2.45) is 5.41 Å². The van der Waals surface area contributed by atoms with Crippen LogP contribution in [0.25, 0.3) is 0 Å². The Labute approximate surface area is 112 Å². The number of hydrogen-bond donors (Lipinski definition) is 3. The van der Waals surface area contributed by atoms with Gasteiger partial charge in [-0.1, -0.05) is 31.0 Å². The number of carbonyl (C=O) groups is 2. The highest BCUT2D eigenvalue weighted by Crippen LogP contribution is 2.37. The van der Waals surface area contributed by atoms with E-state index < -0.39 is 11.4 Å². The van der Waals surface area contributed by atoms with Crippen molar-refractivity contribution >= 4 is 17.7 Å². The van der Waals surface area contributed by atoms with Crippen LogP contribution in [0, 0.1) is 5.41 Å². The van der Waals surface area contributed by atoms with Gasteiger partial charge >= 0.3 is 12.0 Å². The molecule has 1 aromatic carbocycles. The minimum absolute atomic E-state index is 0.182. The Bertz CT molecular complexity index is 453. The lowest BCUT2D eigenvalue weighted by molar-refractivity contribution is -0.148. The van der Waals surface area contributed by atoms with E-state index in [4.69, 9.17) is 0 Å². The summed E-state index contributed by atoms with van der Waals surface area (Å²) in [6.07, 6.45) is 3.09. The van der Waals surface area contributed by atoms with Crippen molar-refractivity contribution in [1.82, 2.24) is 5.32 Å². The van der Waals surface area contributed by atoms with Crippen LogP contribution in [-0.2, 0) is 4.79 Å².